The Morgan fingerprint density at radius 2 is 0.680 bits per heavy atom. The van der Waals surface area contributed by atoms with Gasteiger partial charge in [0.15, 0.2) is 0 Å². The summed E-state index contributed by atoms with van der Waals surface area (Å²) in [6.07, 6.45) is 9.51. The lowest BCUT2D eigenvalue weighted by atomic mass is 9.62. The average molecular weight is 1190 g/mol. The lowest BCUT2D eigenvalue weighted by Crippen LogP contribution is -2.51. The van der Waals surface area contributed by atoms with Crippen LogP contribution >= 0.6 is 127 Å². The van der Waals surface area contributed by atoms with Gasteiger partial charge in [-0.3, -0.25) is 0 Å². The molecule has 2 aromatic rings. The van der Waals surface area contributed by atoms with Gasteiger partial charge in [-0.15, -0.1) is 0 Å². The Morgan fingerprint density at radius 1 is 0.420 bits per heavy atom. The van der Waals surface area contributed by atoms with Crippen molar-refractivity contribution in [2.45, 2.75) is 103 Å². The second kappa shape index (κ2) is 13.7. The van der Waals surface area contributed by atoms with Crippen LogP contribution in [0.25, 0.3) is 11.1 Å². The summed E-state index contributed by atoms with van der Waals surface area (Å²) in [6.45, 7) is 27.2. The van der Waals surface area contributed by atoms with Crippen LogP contribution in [0.3, 0.4) is 0 Å². The Morgan fingerprint density at radius 3 is 0.900 bits per heavy atom. The van der Waals surface area contributed by atoms with Crippen LogP contribution in [0.1, 0.15) is 105 Å². The van der Waals surface area contributed by atoms with Gasteiger partial charge in [0.2, 0.25) is 0 Å². The minimum atomic E-state index is -0.694. The summed E-state index contributed by atoms with van der Waals surface area (Å²) in [4.78, 5) is 0. The number of hydrogen-bond donors (Lipinski definition) is 0. The zero-order valence-electron chi connectivity index (χ0n) is 30.6. The van der Waals surface area contributed by atoms with Crippen molar-refractivity contribution >= 4 is 139 Å². The van der Waals surface area contributed by atoms with E-state index in [-0.39, 0.29) is 21.7 Å². The zero-order chi connectivity index (χ0) is 37.9. The van der Waals surface area contributed by atoms with Crippen molar-refractivity contribution in [1.29, 1.82) is 0 Å². The number of rotatable bonds is 2. The van der Waals surface area contributed by atoms with Gasteiger partial charge >= 0.3 is 0 Å². The molecule has 0 saturated carbocycles. The van der Waals surface area contributed by atoms with E-state index < -0.39 is 8.65 Å². The molecule has 0 aliphatic heterocycles. The molecule has 0 spiro atoms. The van der Waals surface area contributed by atoms with E-state index in [0.29, 0.717) is 0 Å². The first-order chi connectivity index (χ1) is 22.5. The largest absolute Gasteiger partial charge is 0.0938 e. The summed E-state index contributed by atoms with van der Waals surface area (Å²) in [7, 11) is 0. The Kier molecular flexibility index (Phi) is 11.5. The van der Waals surface area contributed by atoms with Crippen molar-refractivity contribution in [1.82, 2.24) is 0 Å². The molecular formula is C42H44Br8. The lowest BCUT2D eigenvalue weighted by molar-refractivity contribution is 0.501. The molecule has 0 heterocycles. The smallest absolute Gasteiger partial charge is 0.0732 e. The summed E-state index contributed by atoms with van der Waals surface area (Å²) in [5, 5.41) is 0. The summed E-state index contributed by atoms with van der Waals surface area (Å²) >= 11 is 34.0. The molecule has 0 nitrogen and oxygen atoms in total. The molecule has 2 atom stereocenters. The van der Waals surface area contributed by atoms with E-state index in [1.54, 1.807) is 0 Å². The van der Waals surface area contributed by atoms with E-state index >= 15 is 0 Å². The van der Waals surface area contributed by atoms with E-state index in [1.165, 1.54) is 22.3 Å². The maximum Gasteiger partial charge on any atom is 0.0938 e. The number of hydrogen-bond acceptors (Lipinski definition) is 0. The second-order valence-corrected chi connectivity index (χ2v) is 25.4. The van der Waals surface area contributed by atoms with Crippen molar-refractivity contribution in [3.8, 4) is 0 Å². The standard InChI is InChI=1S/C42H44Br8/c1-37(2,3)21-13-25(43)31(26(44)14-21)33-34(32-27(45)15-22(16-28(32)46)38(4,5)6)36-30(48)18-24(40(10,11)12)20-42(36,50)41(49)19-23(39(7,8)9)17-29(47)35(33)41/h13-20H,1-12H3. The van der Waals surface area contributed by atoms with Crippen LogP contribution in [-0.4, -0.2) is 8.65 Å². The van der Waals surface area contributed by atoms with E-state index in [9.17, 15) is 0 Å². The van der Waals surface area contributed by atoms with E-state index in [2.05, 4.69) is 259 Å². The van der Waals surface area contributed by atoms with Gasteiger partial charge in [-0.2, -0.15) is 0 Å². The maximum absolute atomic E-state index is 4.54. The normalized spacial score (nSPS) is 23.3. The molecule has 2 aromatic carbocycles. The Bertz CT molecular complexity index is 1810. The highest BCUT2D eigenvalue weighted by molar-refractivity contribution is 9.14. The van der Waals surface area contributed by atoms with Gasteiger partial charge in [0.05, 0.1) is 8.65 Å². The average Bonchev–Trinajstić information content (AvgIpc) is 2.91. The Labute approximate surface area is 367 Å². The Balaban J connectivity index is 2.10. The van der Waals surface area contributed by atoms with Crippen LogP contribution in [0.2, 0.25) is 0 Å². The third kappa shape index (κ3) is 7.25. The van der Waals surface area contributed by atoms with Crippen molar-refractivity contribution < 1.29 is 0 Å². The molecule has 3 aliphatic carbocycles. The number of halogens is 8. The monoisotopic (exact) mass is 1180 g/mol. The van der Waals surface area contributed by atoms with Gasteiger partial charge in [-0.05, 0) is 103 Å². The highest BCUT2D eigenvalue weighted by Gasteiger charge is 2.59. The van der Waals surface area contributed by atoms with Gasteiger partial charge in [0, 0.05) is 38.0 Å². The number of allylic oxidation sites excluding steroid dienone is 12. The van der Waals surface area contributed by atoms with Crippen LogP contribution in [0.5, 0.6) is 0 Å². The third-order valence-electron chi connectivity index (χ3n) is 9.81. The lowest BCUT2D eigenvalue weighted by Gasteiger charge is -2.53. The van der Waals surface area contributed by atoms with Crippen molar-refractivity contribution in [2.75, 3.05) is 0 Å². The molecule has 3 aliphatic rings. The quantitative estimate of drug-likeness (QED) is 0.263. The third-order valence-corrected chi connectivity index (χ3v) is 16.6. The minimum absolute atomic E-state index is 0.0345. The highest BCUT2D eigenvalue weighted by atomic mass is 79.9. The first-order valence-corrected chi connectivity index (χ1v) is 23.0. The molecular weight excluding hydrogens is 1140 g/mol. The van der Waals surface area contributed by atoms with Crippen LogP contribution in [0.15, 0.2) is 97.7 Å². The molecule has 0 aromatic heterocycles. The fraction of sp³-hybridized carbons (Fsp3) is 0.429. The van der Waals surface area contributed by atoms with Crippen LogP contribution < -0.4 is 0 Å². The molecule has 0 bridgehead atoms. The summed E-state index contributed by atoms with van der Waals surface area (Å²) in [6, 6.07) is 9.15. The van der Waals surface area contributed by atoms with Gasteiger partial charge in [-0.1, -0.05) is 223 Å². The summed E-state index contributed by atoms with van der Waals surface area (Å²) in [5.74, 6) is 0. The van der Waals surface area contributed by atoms with E-state index in [0.717, 1.165) is 60.3 Å². The van der Waals surface area contributed by atoms with Crippen molar-refractivity contribution in [2.24, 2.45) is 10.8 Å². The molecule has 0 saturated heterocycles. The zero-order valence-corrected chi connectivity index (χ0v) is 43.3. The van der Waals surface area contributed by atoms with Crippen LogP contribution in [-0.2, 0) is 10.8 Å². The summed E-state index contributed by atoms with van der Waals surface area (Å²) in [5.41, 5.74) is 11.5. The SMILES string of the molecule is CC(C)(C)C1=CC2(Br)C(=C(c3c(Br)cc(C(C)(C)C)cc3Br)C(c3c(Br)cc(C(C)(C)C)cc3Br)=C3C(Br)=CC(C(C)(C)C)=CC32Br)C(Br)=C1. The van der Waals surface area contributed by atoms with Gasteiger partial charge in [0.25, 0.3) is 0 Å². The molecule has 5 rings (SSSR count). The molecule has 2 unspecified atom stereocenters. The van der Waals surface area contributed by atoms with E-state index in [4.69, 9.17) is 0 Å². The number of benzene rings is 2. The van der Waals surface area contributed by atoms with Crippen LogP contribution in [0.4, 0.5) is 0 Å². The predicted octanol–water partition coefficient (Wildman–Crippen LogP) is 17.3. The van der Waals surface area contributed by atoms with Crippen LogP contribution in [0, 0.1) is 10.8 Å². The van der Waals surface area contributed by atoms with Gasteiger partial charge in [0.1, 0.15) is 0 Å². The maximum atomic E-state index is 4.54. The first kappa shape index (κ1) is 41.9. The molecule has 0 N–H and O–H groups in total. The molecule has 50 heavy (non-hydrogen) atoms. The molecule has 8 heteroatoms. The second-order valence-electron chi connectivity index (χ2n) is 17.7. The minimum Gasteiger partial charge on any atom is -0.0732 e. The molecule has 268 valence electrons. The Hall–Kier alpha value is 0.720. The van der Waals surface area contributed by atoms with E-state index in [1.807, 2.05) is 0 Å². The van der Waals surface area contributed by atoms with Crippen molar-refractivity contribution in [3.63, 3.8) is 0 Å². The fourth-order valence-electron chi connectivity index (χ4n) is 6.70. The molecule has 0 fully saturated rings. The number of fused-ring (bicyclic) bond motifs is 3. The first-order valence-electron chi connectivity index (χ1n) is 16.6. The summed E-state index contributed by atoms with van der Waals surface area (Å²) < 4.78 is 4.81. The topological polar surface area (TPSA) is 0 Å². The van der Waals surface area contributed by atoms with Gasteiger partial charge in [-0.25, -0.2) is 0 Å². The molecule has 0 radical (unpaired) electrons. The molecule has 0 amide bonds. The number of alkyl halides is 2. The predicted molar refractivity (Wildman–Crippen MR) is 247 cm³/mol. The van der Waals surface area contributed by atoms with Crippen molar-refractivity contribution in [3.05, 3.63) is 120 Å². The van der Waals surface area contributed by atoms with Gasteiger partial charge < -0.3 is 0 Å². The fourth-order valence-corrected chi connectivity index (χ4v) is 13.9. The highest BCUT2D eigenvalue weighted by Crippen LogP contribution is 2.68.